The van der Waals surface area contributed by atoms with Gasteiger partial charge in [0.15, 0.2) is 5.82 Å². The van der Waals surface area contributed by atoms with Gasteiger partial charge in [-0.25, -0.2) is 8.42 Å². The van der Waals surface area contributed by atoms with Gasteiger partial charge in [0.1, 0.15) is 5.76 Å². The molecule has 24 heavy (non-hydrogen) atoms. The number of aryl methyl sites for hydroxylation is 1. The van der Waals surface area contributed by atoms with Crippen LogP contribution >= 0.6 is 0 Å². The molecule has 0 aliphatic carbocycles. The van der Waals surface area contributed by atoms with E-state index in [2.05, 4.69) is 10.5 Å². The van der Waals surface area contributed by atoms with Crippen LogP contribution in [0.5, 0.6) is 0 Å². The van der Waals surface area contributed by atoms with Crippen LogP contribution in [-0.4, -0.2) is 36.9 Å². The number of benzene rings is 1. The minimum absolute atomic E-state index is 0.172. The Morgan fingerprint density at radius 1 is 1.29 bits per heavy atom. The molecule has 1 N–H and O–H groups in total. The van der Waals surface area contributed by atoms with Crippen molar-refractivity contribution in [2.45, 2.75) is 31.6 Å². The van der Waals surface area contributed by atoms with E-state index >= 15 is 0 Å². The molecule has 1 aromatic heterocycles. The van der Waals surface area contributed by atoms with E-state index < -0.39 is 15.9 Å². The van der Waals surface area contributed by atoms with Crippen LogP contribution in [0.1, 0.15) is 25.5 Å². The highest BCUT2D eigenvalue weighted by atomic mass is 32.2. The van der Waals surface area contributed by atoms with Gasteiger partial charge in [0.05, 0.1) is 11.4 Å². The molecule has 2 rings (SSSR count). The lowest BCUT2D eigenvalue weighted by Gasteiger charge is -2.21. The first-order valence-electron chi connectivity index (χ1n) is 7.72. The molecule has 0 bridgehead atoms. The van der Waals surface area contributed by atoms with Crippen LogP contribution in [0.3, 0.4) is 0 Å². The first-order valence-corrected chi connectivity index (χ1v) is 9.16. The fraction of sp³-hybridized carbons (Fsp3) is 0.375. The fourth-order valence-corrected chi connectivity index (χ4v) is 3.58. The predicted octanol–water partition coefficient (Wildman–Crippen LogP) is 2.41. The van der Waals surface area contributed by atoms with Crippen molar-refractivity contribution >= 4 is 21.7 Å². The average Bonchev–Trinajstić information content (AvgIpc) is 2.97. The predicted molar refractivity (Wildman–Crippen MR) is 90.0 cm³/mol. The van der Waals surface area contributed by atoms with Gasteiger partial charge in [0.2, 0.25) is 15.9 Å². The number of nitrogens with one attached hydrogen (secondary N) is 1. The van der Waals surface area contributed by atoms with Crippen LogP contribution in [0.15, 0.2) is 45.8 Å². The maximum atomic E-state index is 12.7. The summed E-state index contributed by atoms with van der Waals surface area (Å²) in [6, 6.07) is 9.67. The Labute approximate surface area is 141 Å². The Kier molecular flexibility index (Phi) is 6.10. The van der Waals surface area contributed by atoms with E-state index in [0.29, 0.717) is 12.2 Å². The molecule has 0 aliphatic heterocycles. The SMILES string of the molecule is CCCCN(CC(=O)Nc1cc(C)on1)S(=O)(=O)c1ccccc1. The summed E-state index contributed by atoms with van der Waals surface area (Å²) in [6.45, 7) is 3.67. The second-order valence-electron chi connectivity index (χ2n) is 5.38. The number of nitrogens with zero attached hydrogens (tertiary/aromatic N) is 2. The van der Waals surface area contributed by atoms with Crippen molar-refractivity contribution in [3.05, 3.63) is 42.2 Å². The van der Waals surface area contributed by atoms with Crippen molar-refractivity contribution in [2.24, 2.45) is 0 Å². The highest BCUT2D eigenvalue weighted by Gasteiger charge is 2.26. The summed E-state index contributed by atoms with van der Waals surface area (Å²) in [4.78, 5) is 12.3. The van der Waals surface area contributed by atoms with Gasteiger partial charge in [-0.3, -0.25) is 4.79 Å². The van der Waals surface area contributed by atoms with E-state index in [0.717, 1.165) is 6.42 Å². The van der Waals surface area contributed by atoms with Gasteiger partial charge in [0.25, 0.3) is 0 Å². The van der Waals surface area contributed by atoms with Gasteiger partial charge in [0, 0.05) is 12.6 Å². The number of hydrogen-bond acceptors (Lipinski definition) is 5. The summed E-state index contributed by atoms with van der Waals surface area (Å²) >= 11 is 0. The number of aromatic nitrogens is 1. The van der Waals surface area contributed by atoms with Crippen molar-refractivity contribution in [3.8, 4) is 0 Å². The highest BCUT2D eigenvalue weighted by Crippen LogP contribution is 2.16. The van der Waals surface area contributed by atoms with Crippen molar-refractivity contribution in [2.75, 3.05) is 18.4 Å². The molecule has 0 atom stereocenters. The van der Waals surface area contributed by atoms with Crippen LogP contribution in [-0.2, 0) is 14.8 Å². The van der Waals surface area contributed by atoms with E-state index in [1.807, 2.05) is 6.92 Å². The smallest absolute Gasteiger partial charge is 0.243 e. The molecule has 2 aromatic rings. The van der Waals surface area contributed by atoms with E-state index in [1.165, 1.54) is 16.4 Å². The summed E-state index contributed by atoms with van der Waals surface area (Å²) in [5, 5.41) is 6.21. The molecule has 0 saturated heterocycles. The third-order valence-electron chi connectivity index (χ3n) is 3.36. The monoisotopic (exact) mass is 351 g/mol. The van der Waals surface area contributed by atoms with E-state index in [-0.39, 0.29) is 23.8 Å². The molecule has 0 radical (unpaired) electrons. The van der Waals surface area contributed by atoms with Gasteiger partial charge in [-0.1, -0.05) is 36.7 Å². The third-order valence-corrected chi connectivity index (χ3v) is 5.22. The second-order valence-corrected chi connectivity index (χ2v) is 7.31. The topological polar surface area (TPSA) is 92.5 Å². The van der Waals surface area contributed by atoms with Gasteiger partial charge in [-0.2, -0.15) is 4.31 Å². The van der Waals surface area contributed by atoms with Crippen LogP contribution in [0.2, 0.25) is 0 Å². The number of hydrogen-bond donors (Lipinski definition) is 1. The average molecular weight is 351 g/mol. The number of amides is 1. The molecule has 0 unspecified atom stereocenters. The standard InChI is InChI=1S/C16H21N3O4S/c1-3-4-10-19(24(21,22)14-8-6-5-7-9-14)12-16(20)17-15-11-13(2)23-18-15/h5-9,11H,3-4,10,12H2,1-2H3,(H,17,18,20). The summed E-state index contributed by atoms with van der Waals surface area (Å²) in [6.07, 6.45) is 1.49. The zero-order valence-electron chi connectivity index (χ0n) is 13.7. The molecule has 130 valence electrons. The van der Waals surface area contributed by atoms with E-state index in [4.69, 9.17) is 4.52 Å². The maximum absolute atomic E-state index is 12.7. The van der Waals surface area contributed by atoms with Gasteiger partial charge in [-0.05, 0) is 25.5 Å². The largest absolute Gasteiger partial charge is 0.360 e. The van der Waals surface area contributed by atoms with Gasteiger partial charge >= 0.3 is 0 Å². The molecule has 1 aromatic carbocycles. The maximum Gasteiger partial charge on any atom is 0.243 e. The van der Waals surface area contributed by atoms with Crippen LogP contribution in [0.4, 0.5) is 5.82 Å². The Hall–Kier alpha value is -2.19. The molecule has 0 saturated carbocycles. The molecule has 0 spiro atoms. The van der Waals surface area contributed by atoms with Crippen LogP contribution < -0.4 is 5.32 Å². The van der Waals surface area contributed by atoms with Gasteiger partial charge in [-0.15, -0.1) is 0 Å². The molecule has 1 amide bonds. The van der Waals surface area contributed by atoms with Crippen molar-refractivity contribution in [1.82, 2.24) is 9.46 Å². The summed E-state index contributed by atoms with van der Waals surface area (Å²) in [5.74, 6) is 0.369. The highest BCUT2D eigenvalue weighted by molar-refractivity contribution is 7.89. The Balaban J connectivity index is 2.14. The number of rotatable bonds is 8. The Morgan fingerprint density at radius 2 is 2.00 bits per heavy atom. The number of sulfonamides is 1. The minimum Gasteiger partial charge on any atom is -0.360 e. The molecule has 0 aliphatic rings. The number of unbranched alkanes of at least 4 members (excludes halogenated alkanes) is 1. The lowest BCUT2D eigenvalue weighted by Crippen LogP contribution is -2.38. The van der Waals surface area contributed by atoms with Crippen molar-refractivity contribution in [3.63, 3.8) is 0 Å². The van der Waals surface area contributed by atoms with E-state index in [9.17, 15) is 13.2 Å². The quantitative estimate of drug-likeness (QED) is 0.788. The first kappa shape index (κ1) is 18.2. The molecule has 1 heterocycles. The number of anilines is 1. The number of carbonyl (C=O) groups excluding carboxylic acids is 1. The lowest BCUT2D eigenvalue weighted by atomic mass is 10.3. The number of carbonyl (C=O) groups is 1. The minimum atomic E-state index is -3.73. The lowest BCUT2D eigenvalue weighted by molar-refractivity contribution is -0.116. The van der Waals surface area contributed by atoms with Crippen LogP contribution in [0, 0.1) is 6.92 Å². The first-order chi connectivity index (χ1) is 11.4. The molecular formula is C16H21N3O4S. The molecule has 8 heteroatoms. The zero-order valence-corrected chi connectivity index (χ0v) is 14.5. The molecule has 7 nitrogen and oxygen atoms in total. The normalized spacial score (nSPS) is 11.6. The summed E-state index contributed by atoms with van der Waals surface area (Å²) in [7, 11) is -3.73. The summed E-state index contributed by atoms with van der Waals surface area (Å²) < 4.78 is 31.5. The molecular weight excluding hydrogens is 330 g/mol. The zero-order chi connectivity index (χ0) is 17.6. The van der Waals surface area contributed by atoms with E-state index in [1.54, 1.807) is 31.2 Å². The van der Waals surface area contributed by atoms with Crippen molar-refractivity contribution in [1.29, 1.82) is 0 Å². The summed E-state index contributed by atoms with van der Waals surface area (Å²) in [5.41, 5.74) is 0. The molecule has 0 fully saturated rings. The third kappa shape index (κ3) is 4.65. The van der Waals surface area contributed by atoms with Crippen LogP contribution in [0.25, 0.3) is 0 Å². The fourth-order valence-electron chi connectivity index (χ4n) is 2.13. The Bertz CT molecular complexity index is 772. The van der Waals surface area contributed by atoms with Gasteiger partial charge < -0.3 is 9.84 Å². The second kappa shape index (κ2) is 8.07. The van der Waals surface area contributed by atoms with Crippen molar-refractivity contribution < 1.29 is 17.7 Å². The Morgan fingerprint density at radius 3 is 2.58 bits per heavy atom.